The van der Waals surface area contributed by atoms with Gasteiger partial charge in [0, 0.05) is 5.56 Å². The lowest BCUT2D eigenvalue weighted by atomic mass is 10.2. The lowest BCUT2D eigenvalue weighted by molar-refractivity contribution is 0.102. The quantitative estimate of drug-likeness (QED) is 0.447. The Morgan fingerprint density at radius 3 is 2.92 bits per heavy atom. The second-order valence-corrected chi connectivity index (χ2v) is 8.15. The summed E-state index contributed by atoms with van der Waals surface area (Å²) >= 11 is 5.97. The molecule has 3 heterocycles. The number of carbonyl (C=O) groups is 1. The normalized spacial score (nSPS) is 12.5. The van der Waals surface area contributed by atoms with Gasteiger partial charge in [-0.2, -0.15) is 0 Å². The van der Waals surface area contributed by atoms with Crippen molar-refractivity contribution in [3.05, 3.63) is 39.0 Å². The van der Waals surface area contributed by atoms with E-state index in [4.69, 9.17) is 13.9 Å². The van der Waals surface area contributed by atoms with Crippen molar-refractivity contribution in [1.82, 2.24) is 10.2 Å². The molecule has 0 radical (unpaired) electrons. The molecule has 24 heavy (non-hydrogen) atoms. The van der Waals surface area contributed by atoms with Crippen molar-refractivity contribution in [2.45, 2.75) is 5.22 Å². The summed E-state index contributed by atoms with van der Waals surface area (Å²) in [6, 6.07) is 9.06. The van der Waals surface area contributed by atoms with Crippen molar-refractivity contribution >= 4 is 44.8 Å². The minimum Gasteiger partial charge on any atom is -0.454 e. The molecular formula is C15H9BrN2O4S2. The van der Waals surface area contributed by atoms with Gasteiger partial charge in [0.25, 0.3) is 5.22 Å². The minimum absolute atomic E-state index is 0.0264. The molecule has 0 bridgehead atoms. The first-order valence-electron chi connectivity index (χ1n) is 6.84. The van der Waals surface area contributed by atoms with E-state index in [0.29, 0.717) is 27.5 Å². The van der Waals surface area contributed by atoms with Crippen LogP contribution < -0.4 is 9.47 Å². The molecule has 0 fully saturated rings. The van der Waals surface area contributed by atoms with Crippen LogP contribution >= 0.6 is 39.0 Å². The van der Waals surface area contributed by atoms with Crippen LogP contribution in [0.15, 0.2) is 43.8 Å². The first-order chi connectivity index (χ1) is 11.7. The highest BCUT2D eigenvalue weighted by Crippen LogP contribution is 2.36. The standard InChI is InChI=1S/C15H9BrN2O4S2/c16-13-4-3-12(24-13)9(19)6-23-15-18-17-14(22-15)8-1-2-10-11(5-8)21-7-20-10/h1-5H,6-7H2. The average Bonchev–Trinajstić information content (AvgIpc) is 3.32. The zero-order valence-electron chi connectivity index (χ0n) is 12.0. The zero-order chi connectivity index (χ0) is 16.5. The number of thiophene rings is 1. The molecule has 2 aromatic heterocycles. The molecule has 1 aromatic carbocycles. The highest BCUT2D eigenvalue weighted by molar-refractivity contribution is 9.11. The smallest absolute Gasteiger partial charge is 0.277 e. The van der Waals surface area contributed by atoms with Crippen molar-refractivity contribution in [3.63, 3.8) is 0 Å². The Morgan fingerprint density at radius 1 is 1.21 bits per heavy atom. The van der Waals surface area contributed by atoms with Crippen LogP contribution in [0.1, 0.15) is 9.67 Å². The van der Waals surface area contributed by atoms with E-state index in [0.717, 1.165) is 9.35 Å². The largest absolute Gasteiger partial charge is 0.454 e. The van der Waals surface area contributed by atoms with Crippen molar-refractivity contribution < 1.29 is 18.7 Å². The van der Waals surface area contributed by atoms with Crippen molar-refractivity contribution in [2.75, 3.05) is 12.5 Å². The summed E-state index contributed by atoms with van der Waals surface area (Å²) in [7, 11) is 0. The molecule has 0 atom stereocenters. The monoisotopic (exact) mass is 424 g/mol. The van der Waals surface area contributed by atoms with Crippen LogP contribution in [0, 0.1) is 0 Å². The molecule has 0 spiro atoms. The molecule has 6 nitrogen and oxygen atoms in total. The second kappa shape index (κ2) is 6.58. The van der Waals surface area contributed by atoms with E-state index in [9.17, 15) is 4.79 Å². The topological polar surface area (TPSA) is 74.5 Å². The van der Waals surface area contributed by atoms with Gasteiger partial charge in [-0.05, 0) is 46.3 Å². The molecule has 122 valence electrons. The fraction of sp³-hybridized carbons (Fsp3) is 0.133. The molecule has 3 aromatic rings. The van der Waals surface area contributed by atoms with Crippen LogP contribution in [0.2, 0.25) is 0 Å². The van der Waals surface area contributed by atoms with Gasteiger partial charge in [-0.15, -0.1) is 21.5 Å². The Hall–Kier alpha value is -1.84. The summed E-state index contributed by atoms with van der Waals surface area (Å²) in [4.78, 5) is 12.8. The predicted octanol–water partition coefficient (Wildman–Crippen LogP) is 4.26. The fourth-order valence-electron chi connectivity index (χ4n) is 2.08. The average molecular weight is 425 g/mol. The molecule has 0 N–H and O–H groups in total. The molecular weight excluding hydrogens is 416 g/mol. The molecule has 0 unspecified atom stereocenters. The first kappa shape index (κ1) is 15.7. The van der Waals surface area contributed by atoms with Crippen molar-refractivity contribution in [2.24, 2.45) is 0 Å². The van der Waals surface area contributed by atoms with Crippen molar-refractivity contribution in [3.8, 4) is 23.0 Å². The van der Waals surface area contributed by atoms with Gasteiger partial charge in [-0.3, -0.25) is 4.79 Å². The Bertz CT molecular complexity index is 909. The van der Waals surface area contributed by atoms with E-state index in [1.807, 2.05) is 12.1 Å². The molecule has 1 aliphatic heterocycles. The van der Waals surface area contributed by atoms with Crippen molar-refractivity contribution in [1.29, 1.82) is 0 Å². The molecule has 1 aliphatic rings. The number of hydrogen-bond acceptors (Lipinski definition) is 8. The van der Waals surface area contributed by atoms with Gasteiger partial charge in [0.05, 0.1) is 14.4 Å². The number of nitrogens with zero attached hydrogens (tertiary/aromatic N) is 2. The highest BCUT2D eigenvalue weighted by Gasteiger charge is 2.17. The van der Waals surface area contributed by atoms with Gasteiger partial charge in [0.2, 0.25) is 12.7 Å². The Balaban J connectivity index is 1.44. The van der Waals surface area contributed by atoms with Gasteiger partial charge < -0.3 is 13.9 Å². The van der Waals surface area contributed by atoms with Gasteiger partial charge in [-0.25, -0.2) is 0 Å². The minimum atomic E-state index is 0.0264. The van der Waals surface area contributed by atoms with Gasteiger partial charge >= 0.3 is 0 Å². The van der Waals surface area contributed by atoms with Crippen LogP contribution in [-0.2, 0) is 0 Å². The van der Waals surface area contributed by atoms with Crippen LogP contribution in [0.5, 0.6) is 11.5 Å². The van der Waals surface area contributed by atoms with E-state index < -0.39 is 0 Å². The Labute approximate surface area is 153 Å². The predicted molar refractivity (Wildman–Crippen MR) is 92.9 cm³/mol. The maximum absolute atomic E-state index is 12.1. The molecule has 4 rings (SSSR count). The van der Waals surface area contributed by atoms with Crippen LogP contribution in [-0.4, -0.2) is 28.5 Å². The number of ketones is 1. The number of halogens is 1. The number of hydrogen-bond donors (Lipinski definition) is 0. The van der Waals surface area contributed by atoms with Crippen LogP contribution in [0.3, 0.4) is 0 Å². The number of ether oxygens (including phenoxy) is 2. The highest BCUT2D eigenvalue weighted by atomic mass is 79.9. The number of benzene rings is 1. The van der Waals surface area contributed by atoms with Gasteiger partial charge in [-0.1, -0.05) is 11.8 Å². The van der Waals surface area contributed by atoms with E-state index in [1.54, 1.807) is 18.2 Å². The number of aromatic nitrogens is 2. The number of rotatable bonds is 5. The summed E-state index contributed by atoms with van der Waals surface area (Å²) in [5, 5.41) is 8.34. The van der Waals surface area contributed by atoms with Crippen LogP contribution in [0.25, 0.3) is 11.5 Å². The lowest BCUT2D eigenvalue weighted by Gasteiger charge is -1.98. The van der Waals surface area contributed by atoms with E-state index >= 15 is 0 Å². The van der Waals surface area contributed by atoms with E-state index in [1.165, 1.54) is 23.1 Å². The van der Waals surface area contributed by atoms with Crippen LogP contribution in [0.4, 0.5) is 0 Å². The van der Waals surface area contributed by atoms with E-state index in [-0.39, 0.29) is 18.3 Å². The fourth-order valence-corrected chi connectivity index (χ4v) is 4.14. The third-order valence-corrected chi connectivity index (χ3v) is 5.68. The van der Waals surface area contributed by atoms with E-state index in [2.05, 4.69) is 26.1 Å². The number of carbonyl (C=O) groups excluding carboxylic acids is 1. The molecule has 0 saturated carbocycles. The summed E-state index contributed by atoms with van der Waals surface area (Å²) in [6.45, 7) is 0.213. The summed E-state index contributed by atoms with van der Waals surface area (Å²) in [6.07, 6.45) is 0. The molecule has 0 saturated heterocycles. The first-order valence-corrected chi connectivity index (χ1v) is 9.43. The third kappa shape index (κ3) is 3.19. The summed E-state index contributed by atoms with van der Waals surface area (Å²) in [5.41, 5.74) is 0.743. The maximum Gasteiger partial charge on any atom is 0.277 e. The lowest BCUT2D eigenvalue weighted by Crippen LogP contribution is -1.98. The maximum atomic E-state index is 12.1. The summed E-state index contributed by atoms with van der Waals surface area (Å²) < 4.78 is 17.1. The SMILES string of the molecule is O=C(CSc1nnc(-c2ccc3c(c2)OCO3)o1)c1ccc(Br)s1. The second-order valence-electron chi connectivity index (χ2n) is 4.76. The van der Waals surface area contributed by atoms with Gasteiger partial charge in [0.1, 0.15) is 0 Å². The summed E-state index contributed by atoms with van der Waals surface area (Å²) in [5.74, 6) is 2.00. The molecule has 9 heteroatoms. The Morgan fingerprint density at radius 2 is 2.08 bits per heavy atom. The van der Waals surface area contributed by atoms with Gasteiger partial charge in [0.15, 0.2) is 17.3 Å². The molecule has 0 aliphatic carbocycles. The number of thioether (sulfide) groups is 1. The number of fused-ring (bicyclic) bond motifs is 1. The Kier molecular flexibility index (Phi) is 4.30. The number of Topliss-reactive ketones (excluding diaryl/α,β-unsaturated/α-hetero) is 1. The molecule has 0 amide bonds. The third-order valence-electron chi connectivity index (χ3n) is 3.20. The zero-order valence-corrected chi connectivity index (χ0v) is 15.2.